The first-order valence-electron chi connectivity index (χ1n) is 7.34. The highest BCUT2D eigenvalue weighted by molar-refractivity contribution is 5.85. The summed E-state index contributed by atoms with van der Waals surface area (Å²) >= 11 is 0. The number of rotatable bonds is 7. The number of carboxylic acid groups (broad SMARTS) is 1. The smallest absolute Gasteiger partial charge is 0.357 e. The van der Waals surface area contributed by atoms with Gasteiger partial charge in [0.15, 0.2) is 0 Å². The van der Waals surface area contributed by atoms with E-state index in [4.69, 9.17) is 0 Å². The number of aryl methyl sites for hydroxylation is 1. The van der Waals surface area contributed by atoms with Gasteiger partial charge in [0.25, 0.3) is 0 Å². The number of carbonyl (C=O) groups is 2. The van der Waals surface area contributed by atoms with E-state index in [0.29, 0.717) is 12.0 Å². The molecule has 1 unspecified atom stereocenters. The lowest BCUT2D eigenvalue weighted by Crippen LogP contribution is -2.56. The molecular formula is C18H19NO4. The van der Waals surface area contributed by atoms with Gasteiger partial charge in [-0.05, 0) is 17.5 Å². The Labute approximate surface area is 134 Å². The highest BCUT2D eigenvalue weighted by Gasteiger charge is 2.37. The molecule has 0 heterocycles. The minimum Gasteiger partial charge on any atom is -0.478 e. The Morgan fingerprint density at radius 3 is 1.96 bits per heavy atom. The molecule has 0 saturated heterocycles. The van der Waals surface area contributed by atoms with Gasteiger partial charge < -0.3 is 15.5 Å². The van der Waals surface area contributed by atoms with Gasteiger partial charge in [-0.15, -0.1) is 0 Å². The number of hydrogen-bond donors (Lipinski definition) is 3. The second-order valence-corrected chi connectivity index (χ2v) is 5.36. The fourth-order valence-corrected chi connectivity index (χ4v) is 2.26. The minimum absolute atomic E-state index is 0.106. The van der Waals surface area contributed by atoms with Crippen molar-refractivity contribution in [2.45, 2.75) is 25.0 Å². The van der Waals surface area contributed by atoms with E-state index in [9.17, 15) is 19.8 Å². The molecule has 2 aromatic rings. The number of carboxylic acids is 1. The molecule has 120 valence electrons. The Hall–Kier alpha value is -2.66. The van der Waals surface area contributed by atoms with Crippen LogP contribution in [0.3, 0.4) is 0 Å². The van der Waals surface area contributed by atoms with Crippen molar-refractivity contribution in [2.24, 2.45) is 0 Å². The Morgan fingerprint density at radius 2 is 1.43 bits per heavy atom. The van der Waals surface area contributed by atoms with E-state index in [-0.39, 0.29) is 12.8 Å². The van der Waals surface area contributed by atoms with Crippen LogP contribution in [0.2, 0.25) is 0 Å². The van der Waals surface area contributed by atoms with Gasteiger partial charge in [-0.2, -0.15) is 0 Å². The molecule has 3 N–H and O–H groups in total. The Bertz CT molecular complexity index is 657. The number of nitrogens with one attached hydrogen (secondary N) is 1. The molecule has 2 rings (SSSR count). The standard InChI is InChI=1S/C18H19NO4/c20-16(12-11-14-7-3-1-4-8-14)19-18(23,17(21)22)13-15-9-5-2-6-10-15/h1-10,23H,11-13H2,(H,19,20)(H,21,22). The summed E-state index contributed by atoms with van der Waals surface area (Å²) in [5, 5.41) is 21.8. The van der Waals surface area contributed by atoms with Gasteiger partial charge in [0.2, 0.25) is 11.6 Å². The first-order chi connectivity index (χ1) is 11.0. The van der Waals surface area contributed by atoms with Crippen LogP contribution in [0.1, 0.15) is 17.5 Å². The van der Waals surface area contributed by atoms with Crippen LogP contribution < -0.4 is 5.32 Å². The number of aliphatic hydroxyl groups is 1. The summed E-state index contributed by atoms with van der Waals surface area (Å²) in [4.78, 5) is 23.4. The molecular weight excluding hydrogens is 294 g/mol. The number of aliphatic carboxylic acids is 1. The van der Waals surface area contributed by atoms with Gasteiger partial charge in [-0.1, -0.05) is 60.7 Å². The zero-order valence-corrected chi connectivity index (χ0v) is 12.6. The lowest BCUT2D eigenvalue weighted by Gasteiger charge is -2.24. The Morgan fingerprint density at radius 1 is 0.913 bits per heavy atom. The monoisotopic (exact) mass is 313 g/mol. The quantitative estimate of drug-likeness (QED) is 0.680. The van der Waals surface area contributed by atoms with Gasteiger partial charge in [-0.25, -0.2) is 4.79 Å². The highest BCUT2D eigenvalue weighted by atomic mass is 16.4. The third-order valence-electron chi connectivity index (χ3n) is 3.49. The van der Waals surface area contributed by atoms with Crippen molar-refractivity contribution in [2.75, 3.05) is 0 Å². The number of carbonyl (C=O) groups excluding carboxylic acids is 1. The third-order valence-corrected chi connectivity index (χ3v) is 3.49. The van der Waals surface area contributed by atoms with Crippen LogP contribution in [-0.4, -0.2) is 27.8 Å². The van der Waals surface area contributed by atoms with Gasteiger partial charge in [-0.3, -0.25) is 4.79 Å². The van der Waals surface area contributed by atoms with Crippen LogP contribution in [0.4, 0.5) is 0 Å². The van der Waals surface area contributed by atoms with Crippen molar-refractivity contribution in [3.05, 3.63) is 71.8 Å². The van der Waals surface area contributed by atoms with Crippen molar-refractivity contribution in [3.8, 4) is 0 Å². The fraction of sp³-hybridized carbons (Fsp3) is 0.222. The molecule has 1 amide bonds. The largest absolute Gasteiger partial charge is 0.478 e. The summed E-state index contributed by atoms with van der Waals surface area (Å²) in [7, 11) is 0. The van der Waals surface area contributed by atoms with Crippen molar-refractivity contribution in [1.29, 1.82) is 0 Å². The topological polar surface area (TPSA) is 86.6 Å². The first kappa shape index (κ1) is 16.7. The molecule has 0 aliphatic carbocycles. The average Bonchev–Trinajstić information content (AvgIpc) is 2.54. The van der Waals surface area contributed by atoms with Crippen molar-refractivity contribution >= 4 is 11.9 Å². The van der Waals surface area contributed by atoms with Crippen LogP contribution in [0.5, 0.6) is 0 Å². The van der Waals surface area contributed by atoms with Crippen LogP contribution in [0.25, 0.3) is 0 Å². The SMILES string of the molecule is O=C(CCc1ccccc1)NC(O)(Cc1ccccc1)C(=O)O. The predicted octanol–water partition coefficient (Wildman–Crippen LogP) is 1.75. The van der Waals surface area contributed by atoms with Crippen LogP contribution in [0, 0.1) is 0 Å². The second-order valence-electron chi connectivity index (χ2n) is 5.36. The van der Waals surface area contributed by atoms with E-state index >= 15 is 0 Å². The predicted molar refractivity (Wildman–Crippen MR) is 85.6 cm³/mol. The van der Waals surface area contributed by atoms with E-state index in [1.165, 1.54) is 0 Å². The Kier molecular flexibility index (Phi) is 5.49. The van der Waals surface area contributed by atoms with Crippen molar-refractivity contribution in [3.63, 3.8) is 0 Å². The summed E-state index contributed by atoms with van der Waals surface area (Å²) in [6.07, 6.45) is 0.391. The first-order valence-corrected chi connectivity index (χ1v) is 7.34. The number of benzene rings is 2. The van der Waals surface area contributed by atoms with Crippen molar-refractivity contribution < 1.29 is 19.8 Å². The summed E-state index contributed by atoms with van der Waals surface area (Å²) in [5.74, 6) is -1.98. The fourth-order valence-electron chi connectivity index (χ4n) is 2.26. The summed E-state index contributed by atoms with van der Waals surface area (Å²) in [6, 6.07) is 18.1. The maximum Gasteiger partial charge on any atom is 0.357 e. The molecule has 2 aromatic carbocycles. The third kappa shape index (κ3) is 4.93. The molecule has 0 bridgehead atoms. The van der Waals surface area contributed by atoms with E-state index in [1.54, 1.807) is 30.3 Å². The van der Waals surface area contributed by atoms with Crippen LogP contribution in [-0.2, 0) is 22.4 Å². The Balaban J connectivity index is 1.98. The minimum atomic E-state index is -2.31. The molecule has 5 nitrogen and oxygen atoms in total. The van der Waals surface area contributed by atoms with Crippen LogP contribution >= 0.6 is 0 Å². The van der Waals surface area contributed by atoms with Gasteiger partial charge >= 0.3 is 5.97 Å². The van der Waals surface area contributed by atoms with E-state index in [1.807, 2.05) is 30.3 Å². The number of amides is 1. The molecule has 0 radical (unpaired) electrons. The normalized spacial score (nSPS) is 13.1. The molecule has 0 aromatic heterocycles. The molecule has 0 aliphatic rings. The molecule has 0 spiro atoms. The number of hydrogen-bond acceptors (Lipinski definition) is 3. The molecule has 0 fully saturated rings. The zero-order chi connectivity index (χ0) is 16.7. The van der Waals surface area contributed by atoms with Gasteiger partial charge in [0.1, 0.15) is 0 Å². The second kappa shape index (κ2) is 7.56. The lowest BCUT2D eigenvalue weighted by atomic mass is 10.0. The summed E-state index contributed by atoms with van der Waals surface area (Å²) in [5.41, 5.74) is -0.708. The maximum atomic E-state index is 12.0. The molecule has 5 heteroatoms. The molecule has 1 atom stereocenters. The molecule has 0 aliphatic heterocycles. The molecule has 0 saturated carbocycles. The lowest BCUT2D eigenvalue weighted by molar-refractivity contribution is -0.165. The van der Waals surface area contributed by atoms with E-state index in [2.05, 4.69) is 5.32 Å². The van der Waals surface area contributed by atoms with Gasteiger partial charge in [0, 0.05) is 12.8 Å². The zero-order valence-electron chi connectivity index (χ0n) is 12.6. The van der Waals surface area contributed by atoms with E-state index in [0.717, 1.165) is 5.56 Å². The summed E-state index contributed by atoms with van der Waals surface area (Å²) in [6.45, 7) is 0. The highest BCUT2D eigenvalue weighted by Crippen LogP contribution is 2.12. The average molecular weight is 313 g/mol. The van der Waals surface area contributed by atoms with E-state index < -0.39 is 17.6 Å². The molecule has 23 heavy (non-hydrogen) atoms. The summed E-state index contributed by atoms with van der Waals surface area (Å²) < 4.78 is 0. The van der Waals surface area contributed by atoms with Crippen LogP contribution in [0.15, 0.2) is 60.7 Å². The van der Waals surface area contributed by atoms with Gasteiger partial charge in [0.05, 0.1) is 0 Å². The van der Waals surface area contributed by atoms with Crippen molar-refractivity contribution in [1.82, 2.24) is 5.32 Å². The maximum absolute atomic E-state index is 12.0.